The van der Waals surface area contributed by atoms with Gasteiger partial charge in [-0.2, -0.15) is 0 Å². The van der Waals surface area contributed by atoms with Crippen LogP contribution in [-0.4, -0.2) is 48.2 Å². The minimum atomic E-state index is -1.44. The van der Waals surface area contributed by atoms with Gasteiger partial charge in [-0.3, -0.25) is 19.7 Å². The second-order valence-electron chi connectivity index (χ2n) is 6.61. The molecule has 0 heterocycles. The number of nitro benzene ring substituents is 1. The van der Waals surface area contributed by atoms with Crippen LogP contribution in [0.5, 0.6) is 0 Å². The first-order valence-corrected chi connectivity index (χ1v) is 9.87. The lowest BCUT2D eigenvalue weighted by Crippen LogP contribution is -2.29. The Hall–Kier alpha value is -3.79. The quantitative estimate of drug-likeness (QED) is 0.235. The Morgan fingerprint density at radius 3 is 2.12 bits per heavy atom. The normalized spacial score (nSPS) is 10.7. The fourth-order valence-corrected chi connectivity index (χ4v) is 2.97. The molecule has 0 amide bonds. The molecule has 0 fully saturated rings. The minimum absolute atomic E-state index is 0.0334. The van der Waals surface area contributed by atoms with Crippen molar-refractivity contribution in [2.24, 2.45) is 0 Å². The second-order valence-corrected chi connectivity index (χ2v) is 6.61. The zero-order valence-electron chi connectivity index (χ0n) is 18.0. The van der Waals surface area contributed by atoms with E-state index in [2.05, 4.69) is 0 Å². The van der Waals surface area contributed by atoms with Gasteiger partial charge in [-0.05, 0) is 37.1 Å². The Morgan fingerprint density at radius 1 is 1.00 bits per heavy atom. The van der Waals surface area contributed by atoms with E-state index in [-0.39, 0.29) is 36.6 Å². The van der Waals surface area contributed by atoms with Gasteiger partial charge < -0.3 is 14.3 Å². The van der Waals surface area contributed by atoms with Crippen molar-refractivity contribution in [3.63, 3.8) is 0 Å². The van der Waals surface area contributed by atoms with Crippen molar-refractivity contribution >= 4 is 23.6 Å². The van der Waals surface area contributed by atoms with Gasteiger partial charge in [0, 0.05) is 19.2 Å². The molecular weight excluding hydrogens is 420 g/mol. The highest BCUT2D eigenvalue weighted by Crippen LogP contribution is 2.28. The van der Waals surface area contributed by atoms with E-state index in [1.165, 1.54) is 25.2 Å². The number of hydroxylamine groups is 2. The number of carbonyl (C=O) groups is 3. The number of hydrogen-bond donors (Lipinski definition) is 0. The second kappa shape index (κ2) is 11.6. The third-order valence-corrected chi connectivity index (χ3v) is 4.33. The number of carbonyl (C=O) groups excluding carboxylic acids is 3. The summed E-state index contributed by atoms with van der Waals surface area (Å²) < 4.78 is 10.0. The molecule has 2 rings (SSSR count). The topological polar surface area (TPSA) is 125 Å². The lowest BCUT2D eigenvalue weighted by atomic mass is 9.93. The van der Waals surface area contributed by atoms with Gasteiger partial charge in [-0.25, -0.2) is 4.79 Å². The minimum Gasteiger partial charge on any atom is -0.465 e. The van der Waals surface area contributed by atoms with Crippen molar-refractivity contribution in [3.8, 4) is 0 Å². The van der Waals surface area contributed by atoms with Gasteiger partial charge in [0.15, 0.2) is 5.92 Å². The van der Waals surface area contributed by atoms with Crippen molar-refractivity contribution in [3.05, 3.63) is 75.3 Å². The largest absolute Gasteiger partial charge is 0.465 e. The van der Waals surface area contributed by atoms with Crippen LogP contribution >= 0.6 is 0 Å². The average molecular weight is 444 g/mol. The summed E-state index contributed by atoms with van der Waals surface area (Å²) in [6, 6.07) is 12.0. The van der Waals surface area contributed by atoms with E-state index in [9.17, 15) is 24.5 Å². The zero-order valence-corrected chi connectivity index (χ0v) is 18.0. The molecule has 0 aliphatic heterocycles. The Bertz CT molecular complexity index is 959. The van der Waals surface area contributed by atoms with E-state index in [0.29, 0.717) is 5.56 Å². The van der Waals surface area contributed by atoms with E-state index in [0.717, 1.165) is 5.06 Å². The van der Waals surface area contributed by atoms with Crippen LogP contribution in [0.1, 0.15) is 41.3 Å². The maximum atomic E-state index is 12.5. The summed E-state index contributed by atoms with van der Waals surface area (Å²) >= 11 is 0. The van der Waals surface area contributed by atoms with Crippen molar-refractivity contribution in [2.45, 2.75) is 26.3 Å². The van der Waals surface area contributed by atoms with Gasteiger partial charge in [-0.15, -0.1) is 5.06 Å². The monoisotopic (exact) mass is 444 g/mol. The van der Waals surface area contributed by atoms with Crippen LogP contribution < -0.4 is 0 Å². The zero-order chi connectivity index (χ0) is 23.7. The van der Waals surface area contributed by atoms with E-state index >= 15 is 0 Å². The maximum Gasteiger partial charge on any atom is 0.357 e. The van der Waals surface area contributed by atoms with Crippen molar-refractivity contribution in [1.29, 1.82) is 0 Å². The van der Waals surface area contributed by atoms with Gasteiger partial charge in [0.25, 0.3) is 5.69 Å². The van der Waals surface area contributed by atoms with Crippen molar-refractivity contribution in [1.82, 2.24) is 5.06 Å². The molecule has 32 heavy (non-hydrogen) atoms. The summed E-state index contributed by atoms with van der Waals surface area (Å²) in [4.78, 5) is 53.3. The maximum absolute atomic E-state index is 12.5. The van der Waals surface area contributed by atoms with Crippen molar-refractivity contribution in [2.75, 3.05) is 20.3 Å². The first kappa shape index (κ1) is 24.5. The summed E-state index contributed by atoms with van der Waals surface area (Å²) in [5.74, 6) is -3.76. The molecule has 10 nitrogen and oxygen atoms in total. The third-order valence-electron chi connectivity index (χ3n) is 4.33. The number of esters is 2. The molecule has 0 radical (unpaired) electrons. The first-order valence-electron chi connectivity index (χ1n) is 9.87. The van der Waals surface area contributed by atoms with Crippen LogP contribution in [0.4, 0.5) is 5.69 Å². The van der Waals surface area contributed by atoms with Crippen LogP contribution in [0.15, 0.2) is 48.5 Å². The number of non-ortho nitro benzene ring substituents is 1. The summed E-state index contributed by atoms with van der Waals surface area (Å²) in [7, 11) is 1.45. The van der Waals surface area contributed by atoms with Crippen molar-refractivity contribution < 1.29 is 33.6 Å². The third kappa shape index (κ3) is 6.35. The van der Waals surface area contributed by atoms with E-state index in [4.69, 9.17) is 14.3 Å². The number of benzene rings is 2. The molecular formula is C22H24N2O8. The molecule has 0 spiro atoms. The highest BCUT2D eigenvalue weighted by Gasteiger charge is 2.34. The van der Waals surface area contributed by atoms with Crippen LogP contribution in [0.3, 0.4) is 0 Å². The fourth-order valence-electron chi connectivity index (χ4n) is 2.97. The van der Waals surface area contributed by atoms with E-state index < -0.39 is 28.7 Å². The molecule has 0 bridgehead atoms. The SMILES string of the molecule is CCOC(=O)C(C(=O)OCC)c1ccc([N+](=O)[O-])cc1CN(C)OC(=O)c1ccccc1. The summed E-state index contributed by atoms with van der Waals surface area (Å²) in [5, 5.41) is 12.4. The molecule has 0 aromatic heterocycles. The highest BCUT2D eigenvalue weighted by molar-refractivity contribution is 6.01. The standard InChI is InChI=1S/C22H24N2O8/c1-4-30-21(26)19(22(27)31-5-2)18-12-11-17(24(28)29)13-16(18)14-23(3)32-20(25)15-9-7-6-8-10-15/h6-13,19H,4-5,14H2,1-3H3. The van der Waals surface area contributed by atoms with Crippen LogP contribution in [0.25, 0.3) is 0 Å². The molecule has 0 N–H and O–H groups in total. The predicted molar refractivity (Wildman–Crippen MR) is 112 cm³/mol. The van der Waals surface area contributed by atoms with Gasteiger partial charge in [0.05, 0.1) is 30.2 Å². The molecule has 0 aliphatic rings. The molecule has 0 aliphatic carbocycles. The Labute approximate surface area is 184 Å². The number of nitro groups is 1. The number of rotatable bonds is 10. The molecule has 0 saturated heterocycles. The molecule has 0 unspecified atom stereocenters. The lowest BCUT2D eigenvalue weighted by Gasteiger charge is -2.21. The fraction of sp³-hybridized carbons (Fsp3) is 0.318. The Balaban J connectivity index is 2.39. The van der Waals surface area contributed by atoms with Gasteiger partial charge in [-0.1, -0.05) is 24.3 Å². The molecule has 10 heteroatoms. The van der Waals surface area contributed by atoms with Crippen LogP contribution in [0, 0.1) is 10.1 Å². The Kier molecular flexibility index (Phi) is 8.84. The van der Waals surface area contributed by atoms with Gasteiger partial charge in [0.1, 0.15) is 0 Å². The predicted octanol–water partition coefficient (Wildman–Crippen LogP) is 3.01. The summed E-state index contributed by atoms with van der Waals surface area (Å²) in [6.45, 7) is 3.11. The van der Waals surface area contributed by atoms with Gasteiger partial charge in [0.2, 0.25) is 0 Å². The smallest absolute Gasteiger partial charge is 0.357 e. The average Bonchev–Trinajstić information content (AvgIpc) is 2.75. The molecule has 170 valence electrons. The number of nitrogens with zero attached hydrogens (tertiary/aromatic N) is 2. The number of hydrogen-bond acceptors (Lipinski definition) is 9. The number of ether oxygens (including phenoxy) is 2. The van der Waals surface area contributed by atoms with Gasteiger partial charge >= 0.3 is 17.9 Å². The molecule has 0 saturated carbocycles. The van der Waals surface area contributed by atoms with Crippen LogP contribution in [-0.2, 0) is 30.4 Å². The molecule has 0 atom stereocenters. The van der Waals surface area contributed by atoms with E-state index in [1.807, 2.05) is 0 Å². The molecule has 2 aromatic rings. The lowest BCUT2D eigenvalue weighted by molar-refractivity contribution is -0.385. The first-order chi connectivity index (χ1) is 15.3. The highest BCUT2D eigenvalue weighted by atomic mass is 16.7. The van der Waals surface area contributed by atoms with E-state index in [1.54, 1.807) is 44.2 Å². The molecule has 2 aromatic carbocycles. The summed E-state index contributed by atoms with van der Waals surface area (Å²) in [6.07, 6.45) is 0. The Morgan fingerprint density at radius 2 is 1.59 bits per heavy atom. The van der Waals surface area contributed by atoms with Crippen LogP contribution in [0.2, 0.25) is 0 Å². The summed E-state index contributed by atoms with van der Waals surface area (Å²) in [5.41, 5.74) is 0.455.